The quantitative estimate of drug-likeness (QED) is 0.896. The molecule has 3 heteroatoms. The molecular formula is C14H23NOS. The Labute approximate surface area is 107 Å². The Kier molecular flexibility index (Phi) is 4.90. The molecule has 0 aliphatic heterocycles. The minimum atomic E-state index is -0.854. The standard InChI is InChI=1S/C14H23NOS/c1-11(15)9-17(16)10-12-5-7-13(8-6-12)14(2,3)4/h5-8,11H,9-10,15H2,1-4H3. The topological polar surface area (TPSA) is 43.1 Å². The summed E-state index contributed by atoms with van der Waals surface area (Å²) in [5.74, 6) is 1.17. The molecular weight excluding hydrogens is 230 g/mol. The molecule has 2 nitrogen and oxygen atoms in total. The van der Waals surface area contributed by atoms with Crippen LogP contribution in [0.2, 0.25) is 0 Å². The van der Waals surface area contributed by atoms with E-state index < -0.39 is 10.8 Å². The van der Waals surface area contributed by atoms with Gasteiger partial charge in [0.2, 0.25) is 0 Å². The number of rotatable bonds is 4. The van der Waals surface area contributed by atoms with Crippen LogP contribution in [0.5, 0.6) is 0 Å². The van der Waals surface area contributed by atoms with Crippen LogP contribution in [-0.4, -0.2) is 16.0 Å². The molecule has 0 saturated carbocycles. The van der Waals surface area contributed by atoms with Gasteiger partial charge in [0.1, 0.15) is 0 Å². The van der Waals surface area contributed by atoms with E-state index in [0.29, 0.717) is 11.5 Å². The smallest absolute Gasteiger partial charge is 0.0486 e. The number of nitrogens with two attached hydrogens (primary N) is 1. The van der Waals surface area contributed by atoms with E-state index in [1.165, 1.54) is 5.56 Å². The Morgan fingerprint density at radius 3 is 2.18 bits per heavy atom. The summed E-state index contributed by atoms with van der Waals surface area (Å²) in [5.41, 5.74) is 8.23. The van der Waals surface area contributed by atoms with Crippen LogP contribution in [-0.2, 0) is 22.0 Å². The van der Waals surface area contributed by atoms with E-state index in [9.17, 15) is 4.21 Å². The summed E-state index contributed by atoms with van der Waals surface area (Å²) in [6, 6.07) is 8.39. The highest BCUT2D eigenvalue weighted by atomic mass is 32.2. The molecule has 0 bridgehead atoms. The predicted octanol–water partition coefficient (Wildman–Crippen LogP) is 2.58. The second-order valence-corrected chi connectivity index (χ2v) is 7.18. The van der Waals surface area contributed by atoms with Crippen LogP contribution in [0.15, 0.2) is 24.3 Å². The molecule has 1 aromatic rings. The molecule has 0 amide bonds. The van der Waals surface area contributed by atoms with E-state index in [1.54, 1.807) is 0 Å². The van der Waals surface area contributed by atoms with E-state index >= 15 is 0 Å². The van der Waals surface area contributed by atoms with Crippen molar-refractivity contribution in [3.63, 3.8) is 0 Å². The summed E-state index contributed by atoms with van der Waals surface area (Å²) in [6.07, 6.45) is 0. The van der Waals surface area contributed by atoms with E-state index in [1.807, 2.05) is 6.92 Å². The van der Waals surface area contributed by atoms with Crippen molar-refractivity contribution in [1.29, 1.82) is 0 Å². The van der Waals surface area contributed by atoms with Gasteiger partial charge in [-0.3, -0.25) is 4.21 Å². The molecule has 2 unspecified atom stereocenters. The van der Waals surface area contributed by atoms with Crippen molar-refractivity contribution in [2.45, 2.75) is 44.9 Å². The highest BCUT2D eigenvalue weighted by molar-refractivity contribution is 7.84. The molecule has 0 fully saturated rings. The molecule has 1 rings (SSSR count). The number of hydrogen-bond acceptors (Lipinski definition) is 2. The van der Waals surface area contributed by atoms with Gasteiger partial charge in [0.05, 0.1) is 0 Å². The molecule has 2 atom stereocenters. The van der Waals surface area contributed by atoms with Gasteiger partial charge >= 0.3 is 0 Å². The van der Waals surface area contributed by atoms with Gasteiger partial charge in [-0.2, -0.15) is 0 Å². The Balaban J connectivity index is 2.66. The second kappa shape index (κ2) is 5.78. The number of benzene rings is 1. The Bertz CT molecular complexity index is 376. The highest BCUT2D eigenvalue weighted by Crippen LogP contribution is 2.22. The fraction of sp³-hybridized carbons (Fsp3) is 0.571. The number of hydrogen-bond donors (Lipinski definition) is 1. The fourth-order valence-corrected chi connectivity index (χ4v) is 2.91. The van der Waals surface area contributed by atoms with E-state index in [2.05, 4.69) is 45.0 Å². The molecule has 0 aromatic heterocycles. The molecule has 0 spiro atoms. The lowest BCUT2D eigenvalue weighted by Gasteiger charge is -2.19. The van der Waals surface area contributed by atoms with Gasteiger partial charge < -0.3 is 5.73 Å². The summed E-state index contributed by atoms with van der Waals surface area (Å²) in [7, 11) is -0.854. The molecule has 0 saturated heterocycles. The first-order chi connectivity index (χ1) is 7.79. The van der Waals surface area contributed by atoms with Gasteiger partial charge in [0, 0.05) is 28.3 Å². The zero-order valence-electron chi connectivity index (χ0n) is 11.2. The molecule has 1 aromatic carbocycles. The molecule has 0 aliphatic carbocycles. The van der Waals surface area contributed by atoms with E-state index in [4.69, 9.17) is 5.73 Å². The summed E-state index contributed by atoms with van der Waals surface area (Å²) in [4.78, 5) is 0. The maximum atomic E-state index is 11.7. The molecule has 0 radical (unpaired) electrons. The van der Waals surface area contributed by atoms with E-state index in [0.717, 1.165) is 5.56 Å². The Hall–Kier alpha value is -0.670. The summed E-state index contributed by atoms with van der Waals surface area (Å²) < 4.78 is 11.7. The average Bonchev–Trinajstić information content (AvgIpc) is 2.15. The summed E-state index contributed by atoms with van der Waals surface area (Å²) in [5, 5.41) is 0. The third-order valence-corrected chi connectivity index (χ3v) is 4.15. The summed E-state index contributed by atoms with van der Waals surface area (Å²) >= 11 is 0. The largest absolute Gasteiger partial charge is 0.327 e. The lowest BCUT2D eigenvalue weighted by Crippen LogP contribution is -2.23. The van der Waals surface area contributed by atoms with Gasteiger partial charge in [0.25, 0.3) is 0 Å². The monoisotopic (exact) mass is 253 g/mol. The van der Waals surface area contributed by atoms with Gasteiger partial charge in [0.15, 0.2) is 0 Å². The molecule has 0 aliphatic rings. The normalized spacial score (nSPS) is 15.6. The minimum Gasteiger partial charge on any atom is -0.327 e. The predicted molar refractivity (Wildman–Crippen MR) is 75.5 cm³/mol. The first-order valence-electron chi connectivity index (χ1n) is 5.99. The maximum Gasteiger partial charge on any atom is 0.0486 e. The fourth-order valence-electron chi connectivity index (χ4n) is 1.64. The SMILES string of the molecule is CC(N)CS(=O)Cc1ccc(C(C)(C)C)cc1. The van der Waals surface area contributed by atoms with Crippen molar-refractivity contribution in [2.24, 2.45) is 5.73 Å². The summed E-state index contributed by atoms with van der Waals surface area (Å²) in [6.45, 7) is 8.46. The lowest BCUT2D eigenvalue weighted by molar-refractivity contribution is 0.590. The highest BCUT2D eigenvalue weighted by Gasteiger charge is 2.13. The maximum absolute atomic E-state index is 11.7. The minimum absolute atomic E-state index is 0.00433. The van der Waals surface area contributed by atoms with Gasteiger partial charge in [-0.05, 0) is 23.5 Å². The first kappa shape index (κ1) is 14.4. The third-order valence-electron chi connectivity index (χ3n) is 2.60. The van der Waals surface area contributed by atoms with Gasteiger partial charge in [-0.25, -0.2) is 0 Å². The zero-order valence-corrected chi connectivity index (χ0v) is 12.0. The Morgan fingerprint density at radius 2 is 1.76 bits per heavy atom. The van der Waals surface area contributed by atoms with Crippen molar-refractivity contribution in [3.8, 4) is 0 Å². The lowest BCUT2D eigenvalue weighted by atomic mass is 9.87. The second-order valence-electron chi connectivity index (χ2n) is 5.68. The van der Waals surface area contributed by atoms with Crippen molar-refractivity contribution in [3.05, 3.63) is 35.4 Å². The van der Waals surface area contributed by atoms with Gasteiger partial charge in [-0.1, -0.05) is 45.0 Å². The Morgan fingerprint density at radius 1 is 1.24 bits per heavy atom. The van der Waals surface area contributed by atoms with Gasteiger partial charge in [-0.15, -0.1) is 0 Å². The van der Waals surface area contributed by atoms with Crippen LogP contribution in [0.4, 0.5) is 0 Å². The van der Waals surface area contributed by atoms with Crippen molar-refractivity contribution < 1.29 is 4.21 Å². The third kappa shape index (κ3) is 5.00. The van der Waals surface area contributed by atoms with Crippen LogP contribution < -0.4 is 5.73 Å². The van der Waals surface area contributed by atoms with Crippen molar-refractivity contribution >= 4 is 10.8 Å². The van der Waals surface area contributed by atoms with Crippen LogP contribution in [0.25, 0.3) is 0 Å². The molecule has 17 heavy (non-hydrogen) atoms. The van der Waals surface area contributed by atoms with Crippen molar-refractivity contribution in [1.82, 2.24) is 0 Å². The zero-order chi connectivity index (χ0) is 13.1. The first-order valence-corrected chi connectivity index (χ1v) is 7.48. The van der Waals surface area contributed by atoms with Crippen LogP contribution in [0.1, 0.15) is 38.8 Å². The molecule has 96 valence electrons. The van der Waals surface area contributed by atoms with Crippen LogP contribution in [0.3, 0.4) is 0 Å². The average molecular weight is 253 g/mol. The molecule has 0 heterocycles. The van der Waals surface area contributed by atoms with E-state index in [-0.39, 0.29) is 11.5 Å². The van der Waals surface area contributed by atoms with Crippen LogP contribution >= 0.6 is 0 Å². The molecule has 2 N–H and O–H groups in total. The van der Waals surface area contributed by atoms with Crippen molar-refractivity contribution in [2.75, 3.05) is 5.75 Å². The van der Waals surface area contributed by atoms with Crippen LogP contribution in [0, 0.1) is 0 Å².